The highest BCUT2D eigenvalue weighted by atomic mass is 79.9. The summed E-state index contributed by atoms with van der Waals surface area (Å²) in [6.45, 7) is 2.41. The number of amides is 1. The highest BCUT2D eigenvalue weighted by Gasteiger charge is 2.22. The molecule has 1 aromatic heterocycles. The van der Waals surface area contributed by atoms with Crippen LogP contribution in [0.1, 0.15) is 29.4 Å². The second kappa shape index (κ2) is 7.87. The number of rotatable bonds is 8. The summed E-state index contributed by atoms with van der Waals surface area (Å²) in [7, 11) is -3.85. The molecular formula is C11H15BrN2O5S2. The van der Waals surface area contributed by atoms with Crippen LogP contribution in [0.2, 0.25) is 0 Å². The van der Waals surface area contributed by atoms with Gasteiger partial charge in [0, 0.05) is 19.5 Å². The predicted molar refractivity (Wildman–Crippen MR) is 82.1 cm³/mol. The Morgan fingerprint density at radius 1 is 1.38 bits per heavy atom. The summed E-state index contributed by atoms with van der Waals surface area (Å²) < 4.78 is 26.5. The van der Waals surface area contributed by atoms with Crippen molar-refractivity contribution in [2.45, 2.75) is 24.7 Å². The summed E-state index contributed by atoms with van der Waals surface area (Å²) in [6.07, 6.45) is 0.823. The number of thiophene rings is 1. The molecule has 3 N–H and O–H groups in total. The van der Waals surface area contributed by atoms with Crippen LogP contribution in [0.15, 0.2) is 14.7 Å². The van der Waals surface area contributed by atoms with Crippen molar-refractivity contribution in [3.8, 4) is 0 Å². The normalized spacial score (nSPS) is 11.3. The second-order valence-corrected chi connectivity index (χ2v) is 8.16. The van der Waals surface area contributed by atoms with E-state index in [1.54, 1.807) is 0 Å². The minimum Gasteiger partial charge on any atom is -0.477 e. The Morgan fingerprint density at radius 3 is 2.57 bits per heavy atom. The smallest absolute Gasteiger partial charge is 0.345 e. The Labute approximate surface area is 134 Å². The highest BCUT2D eigenvalue weighted by Crippen LogP contribution is 2.31. The molecule has 0 fully saturated rings. The monoisotopic (exact) mass is 398 g/mol. The molecule has 7 nitrogen and oxygen atoms in total. The third kappa shape index (κ3) is 5.38. The molecule has 1 aromatic rings. The summed E-state index contributed by atoms with van der Waals surface area (Å²) in [5.74, 6) is -1.43. The molecule has 0 saturated heterocycles. The minimum absolute atomic E-state index is 0.0206. The summed E-state index contributed by atoms with van der Waals surface area (Å²) >= 11 is 3.85. The van der Waals surface area contributed by atoms with Crippen molar-refractivity contribution >= 4 is 49.2 Å². The van der Waals surface area contributed by atoms with Crippen LogP contribution >= 0.6 is 27.3 Å². The molecule has 0 aliphatic carbocycles. The number of carboxylic acid groups (broad SMARTS) is 1. The number of carbonyl (C=O) groups excluding carboxylic acids is 1. The van der Waals surface area contributed by atoms with E-state index in [9.17, 15) is 18.0 Å². The number of hydrogen-bond donors (Lipinski definition) is 3. The van der Waals surface area contributed by atoms with Crippen molar-refractivity contribution < 1.29 is 23.1 Å². The van der Waals surface area contributed by atoms with Crippen LogP contribution in [0.25, 0.3) is 0 Å². The molecule has 0 aliphatic rings. The summed E-state index contributed by atoms with van der Waals surface area (Å²) in [6, 6.07) is 1.08. The maximum absolute atomic E-state index is 12.0. The lowest BCUT2D eigenvalue weighted by molar-refractivity contribution is -0.120. The van der Waals surface area contributed by atoms with Crippen LogP contribution in [0.4, 0.5) is 0 Å². The summed E-state index contributed by atoms with van der Waals surface area (Å²) in [4.78, 5) is 22.0. The molecule has 0 bridgehead atoms. The first-order valence-electron chi connectivity index (χ1n) is 6.07. The quantitative estimate of drug-likeness (QED) is 0.612. The van der Waals surface area contributed by atoms with E-state index in [0.29, 0.717) is 6.54 Å². The van der Waals surface area contributed by atoms with Crippen molar-refractivity contribution in [3.63, 3.8) is 0 Å². The predicted octanol–water partition coefficient (Wildman–Crippen LogP) is 1.40. The van der Waals surface area contributed by atoms with E-state index >= 15 is 0 Å². The van der Waals surface area contributed by atoms with Crippen molar-refractivity contribution in [1.82, 2.24) is 10.0 Å². The lowest BCUT2D eigenvalue weighted by atomic mass is 10.4. The van der Waals surface area contributed by atoms with Gasteiger partial charge in [-0.3, -0.25) is 4.79 Å². The lowest BCUT2D eigenvalue weighted by Gasteiger charge is -2.06. The van der Waals surface area contributed by atoms with Gasteiger partial charge in [-0.15, -0.1) is 11.3 Å². The molecular weight excluding hydrogens is 384 g/mol. The van der Waals surface area contributed by atoms with Gasteiger partial charge in [0.2, 0.25) is 15.9 Å². The van der Waals surface area contributed by atoms with Crippen molar-refractivity contribution in [2.24, 2.45) is 0 Å². The zero-order chi connectivity index (χ0) is 16.0. The van der Waals surface area contributed by atoms with Crippen molar-refractivity contribution in [1.29, 1.82) is 0 Å². The first-order valence-corrected chi connectivity index (χ1v) is 9.16. The van der Waals surface area contributed by atoms with E-state index in [0.717, 1.165) is 23.8 Å². The van der Waals surface area contributed by atoms with Gasteiger partial charge < -0.3 is 10.4 Å². The van der Waals surface area contributed by atoms with Crippen LogP contribution in [0.3, 0.4) is 0 Å². The van der Waals surface area contributed by atoms with Crippen molar-refractivity contribution in [3.05, 3.63) is 14.7 Å². The van der Waals surface area contributed by atoms with Gasteiger partial charge in [0.1, 0.15) is 9.77 Å². The Kier molecular flexibility index (Phi) is 6.78. The molecule has 10 heteroatoms. The largest absolute Gasteiger partial charge is 0.477 e. The van der Waals surface area contributed by atoms with Crippen LogP contribution in [-0.2, 0) is 14.8 Å². The molecule has 0 atom stereocenters. The van der Waals surface area contributed by atoms with Gasteiger partial charge in [-0.25, -0.2) is 17.9 Å². The molecule has 1 heterocycles. The van der Waals surface area contributed by atoms with E-state index in [4.69, 9.17) is 5.11 Å². The van der Waals surface area contributed by atoms with E-state index in [2.05, 4.69) is 26.0 Å². The van der Waals surface area contributed by atoms with Crippen molar-refractivity contribution in [2.75, 3.05) is 13.1 Å². The minimum atomic E-state index is -3.85. The Morgan fingerprint density at radius 2 is 2.05 bits per heavy atom. The van der Waals surface area contributed by atoms with Crippen LogP contribution in [0, 0.1) is 0 Å². The standard InChI is InChI=1S/C11H15BrN2O5S2/c1-2-4-13-9(15)3-5-14-21(18,19)8-6-7(11(16)17)20-10(8)12/h6,14H,2-5H2,1H3,(H,13,15)(H,16,17). The van der Waals surface area contributed by atoms with Crippen LogP contribution < -0.4 is 10.0 Å². The van der Waals surface area contributed by atoms with Gasteiger partial charge in [-0.1, -0.05) is 6.92 Å². The molecule has 118 valence electrons. The number of aromatic carboxylic acids is 1. The maximum atomic E-state index is 12.0. The SMILES string of the molecule is CCCNC(=O)CCNS(=O)(=O)c1cc(C(=O)O)sc1Br. The number of carboxylic acids is 1. The maximum Gasteiger partial charge on any atom is 0.345 e. The average molecular weight is 399 g/mol. The molecule has 1 rings (SSSR count). The summed E-state index contributed by atoms with van der Waals surface area (Å²) in [5.41, 5.74) is 0. The topological polar surface area (TPSA) is 113 Å². The van der Waals surface area contributed by atoms with E-state index < -0.39 is 16.0 Å². The van der Waals surface area contributed by atoms with Gasteiger partial charge in [-0.05, 0) is 28.4 Å². The first-order chi connectivity index (χ1) is 9.77. The molecule has 0 saturated carbocycles. The van der Waals surface area contributed by atoms with E-state index in [1.165, 1.54) is 0 Å². The molecule has 0 aliphatic heterocycles. The van der Waals surface area contributed by atoms with E-state index in [1.807, 2.05) is 6.92 Å². The molecule has 0 unspecified atom stereocenters. The van der Waals surface area contributed by atoms with Crippen LogP contribution in [0.5, 0.6) is 0 Å². The average Bonchev–Trinajstić information content (AvgIpc) is 2.79. The first kappa shape index (κ1) is 18.1. The number of hydrogen-bond acceptors (Lipinski definition) is 5. The Balaban J connectivity index is 2.66. The van der Waals surface area contributed by atoms with Gasteiger partial charge >= 0.3 is 5.97 Å². The number of carbonyl (C=O) groups is 2. The molecule has 0 radical (unpaired) electrons. The zero-order valence-electron chi connectivity index (χ0n) is 11.2. The third-order valence-electron chi connectivity index (χ3n) is 2.37. The fraction of sp³-hybridized carbons (Fsp3) is 0.455. The number of halogens is 1. The number of sulfonamides is 1. The third-order valence-corrected chi connectivity index (χ3v) is 6.07. The fourth-order valence-electron chi connectivity index (χ4n) is 1.37. The molecule has 0 spiro atoms. The fourth-order valence-corrected chi connectivity index (χ4v) is 4.80. The molecule has 0 aromatic carbocycles. The number of nitrogens with one attached hydrogen (secondary N) is 2. The highest BCUT2D eigenvalue weighted by molar-refractivity contribution is 9.11. The Bertz CT molecular complexity index is 627. The lowest BCUT2D eigenvalue weighted by Crippen LogP contribution is -2.31. The molecule has 21 heavy (non-hydrogen) atoms. The van der Waals surface area contributed by atoms with E-state index in [-0.39, 0.29) is 32.4 Å². The van der Waals surface area contributed by atoms with Crippen LogP contribution in [-0.4, -0.2) is 38.5 Å². The zero-order valence-corrected chi connectivity index (χ0v) is 14.4. The second-order valence-electron chi connectivity index (χ2n) is 4.05. The summed E-state index contributed by atoms with van der Waals surface area (Å²) in [5, 5.41) is 11.5. The van der Waals surface area contributed by atoms with Gasteiger partial charge in [0.25, 0.3) is 0 Å². The Hall–Kier alpha value is -0.970. The van der Waals surface area contributed by atoms with Gasteiger partial charge in [0.05, 0.1) is 3.79 Å². The van der Waals surface area contributed by atoms with Gasteiger partial charge in [-0.2, -0.15) is 0 Å². The molecule has 1 amide bonds. The van der Waals surface area contributed by atoms with Gasteiger partial charge in [0.15, 0.2) is 0 Å².